The van der Waals surface area contributed by atoms with Gasteiger partial charge in [0.15, 0.2) is 0 Å². The molecule has 31 heavy (non-hydrogen) atoms. The molecule has 1 aromatic carbocycles. The molecule has 0 radical (unpaired) electrons. The number of hydrogen-bond acceptors (Lipinski definition) is 8. The average molecular weight is 419 g/mol. The Kier molecular flexibility index (Phi) is 6.21. The lowest BCUT2D eigenvalue weighted by molar-refractivity contribution is 0.0768. The predicted octanol–water partition coefficient (Wildman–Crippen LogP) is 2.59. The number of hydrazone groups is 1. The smallest absolute Gasteiger partial charge is 0.256 e. The van der Waals surface area contributed by atoms with Gasteiger partial charge < -0.3 is 19.9 Å². The number of ether oxygens (including phenoxy) is 1. The number of amides is 1. The highest BCUT2D eigenvalue weighted by molar-refractivity contribution is 6.14. The van der Waals surface area contributed by atoms with Crippen LogP contribution in [0.25, 0.3) is 6.08 Å². The summed E-state index contributed by atoms with van der Waals surface area (Å²) in [7, 11) is 0. The topological polar surface area (TPSA) is 107 Å². The van der Waals surface area contributed by atoms with E-state index in [1.54, 1.807) is 6.20 Å². The van der Waals surface area contributed by atoms with E-state index >= 15 is 0 Å². The Morgan fingerprint density at radius 2 is 2.19 bits per heavy atom. The molecule has 0 saturated carbocycles. The Labute approximate surface area is 181 Å². The van der Waals surface area contributed by atoms with Crippen molar-refractivity contribution in [1.29, 1.82) is 5.41 Å². The number of hydrogen-bond donors (Lipinski definition) is 2. The van der Waals surface area contributed by atoms with E-state index < -0.39 is 0 Å². The second-order valence-electron chi connectivity index (χ2n) is 7.38. The molecule has 3 heterocycles. The van der Waals surface area contributed by atoms with Gasteiger partial charge in [0.1, 0.15) is 6.61 Å². The van der Waals surface area contributed by atoms with Gasteiger partial charge in [0.2, 0.25) is 11.8 Å². The van der Waals surface area contributed by atoms with E-state index in [4.69, 9.17) is 10.1 Å². The van der Waals surface area contributed by atoms with Crippen LogP contribution in [-0.2, 0) is 0 Å². The highest BCUT2D eigenvalue weighted by Gasteiger charge is 2.24. The largest absolute Gasteiger partial charge is 0.473 e. The standard InChI is InChI=1S/C22H25N7O2/c1-16-5-6-19(27-25-8-7-23)18(14-16)21(30)28-9-3-10-29(12-11-28)22-24-15-17-4-2-13-31-20(17)26-22/h2,4-8,14-15,23,27H,3,9-13H2,1H3/b23-7?,25-8-. The van der Waals surface area contributed by atoms with Gasteiger partial charge in [-0.2, -0.15) is 10.1 Å². The average Bonchev–Trinajstić information content (AvgIpc) is 3.06. The fourth-order valence-electron chi connectivity index (χ4n) is 3.62. The zero-order valence-corrected chi connectivity index (χ0v) is 17.4. The van der Waals surface area contributed by atoms with Crippen molar-refractivity contribution in [2.75, 3.05) is 43.1 Å². The minimum Gasteiger partial charge on any atom is -0.473 e. The third kappa shape index (κ3) is 4.71. The Bertz CT molecular complexity index is 1030. The maximum atomic E-state index is 13.3. The summed E-state index contributed by atoms with van der Waals surface area (Å²) in [5.41, 5.74) is 5.93. The summed E-state index contributed by atoms with van der Waals surface area (Å²) in [6, 6.07) is 5.63. The van der Waals surface area contributed by atoms with Crippen LogP contribution >= 0.6 is 0 Å². The molecule has 0 aliphatic carbocycles. The number of rotatable bonds is 5. The third-order valence-corrected chi connectivity index (χ3v) is 5.19. The molecule has 1 aromatic heterocycles. The quantitative estimate of drug-likeness (QED) is 0.570. The van der Waals surface area contributed by atoms with Crippen LogP contribution in [0.1, 0.15) is 27.9 Å². The Hall–Kier alpha value is -3.75. The van der Waals surface area contributed by atoms with Crippen molar-refractivity contribution in [3.8, 4) is 5.88 Å². The molecule has 0 unspecified atom stereocenters. The number of nitrogens with zero attached hydrogens (tertiary/aromatic N) is 5. The van der Waals surface area contributed by atoms with Gasteiger partial charge in [-0.3, -0.25) is 10.2 Å². The summed E-state index contributed by atoms with van der Waals surface area (Å²) in [5, 5.41) is 11.0. The summed E-state index contributed by atoms with van der Waals surface area (Å²) in [4.78, 5) is 26.3. The summed E-state index contributed by atoms with van der Waals surface area (Å²) in [6.45, 7) is 5.09. The lowest BCUT2D eigenvalue weighted by Gasteiger charge is -2.23. The molecule has 2 aliphatic heterocycles. The summed E-state index contributed by atoms with van der Waals surface area (Å²) >= 11 is 0. The molecule has 4 rings (SSSR count). The zero-order chi connectivity index (χ0) is 21.6. The van der Waals surface area contributed by atoms with Crippen LogP contribution in [0.3, 0.4) is 0 Å². The van der Waals surface area contributed by atoms with Crippen LogP contribution in [0.15, 0.2) is 35.6 Å². The first kappa shape index (κ1) is 20.5. The number of fused-ring (bicyclic) bond motifs is 1. The first-order chi connectivity index (χ1) is 15.2. The van der Waals surface area contributed by atoms with E-state index in [9.17, 15) is 4.79 Å². The van der Waals surface area contributed by atoms with Gasteiger partial charge in [-0.05, 0) is 37.6 Å². The van der Waals surface area contributed by atoms with Crippen LogP contribution in [0.4, 0.5) is 11.6 Å². The van der Waals surface area contributed by atoms with Crippen LogP contribution in [-0.4, -0.2) is 66.0 Å². The van der Waals surface area contributed by atoms with Crippen LogP contribution in [0, 0.1) is 12.3 Å². The van der Waals surface area contributed by atoms with Crippen molar-refractivity contribution in [3.05, 3.63) is 47.2 Å². The van der Waals surface area contributed by atoms with Gasteiger partial charge in [-0.25, -0.2) is 4.98 Å². The molecule has 1 fully saturated rings. The van der Waals surface area contributed by atoms with Crippen LogP contribution in [0.5, 0.6) is 5.88 Å². The molecule has 0 atom stereocenters. The third-order valence-electron chi connectivity index (χ3n) is 5.19. The number of anilines is 2. The molecule has 2 aromatic rings. The molecule has 1 saturated heterocycles. The number of nitrogens with one attached hydrogen (secondary N) is 2. The van der Waals surface area contributed by atoms with Gasteiger partial charge in [-0.15, -0.1) is 0 Å². The highest BCUT2D eigenvalue weighted by atomic mass is 16.5. The molecule has 9 heteroatoms. The van der Waals surface area contributed by atoms with E-state index in [1.807, 2.05) is 42.2 Å². The Balaban J connectivity index is 1.48. The van der Waals surface area contributed by atoms with Crippen molar-refractivity contribution in [3.63, 3.8) is 0 Å². The summed E-state index contributed by atoms with van der Waals surface area (Å²) < 4.78 is 5.61. The summed E-state index contributed by atoms with van der Waals surface area (Å²) in [5.74, 6) is 1.19. The molecule has 2 N–H and O–H groups in total. The van der Waals surface area contributed by atoms with Crippen LogP contribution in [0.2, 0.25) is 0 Å². The minimum absolute atomic E-state index is 0.0436. The molecule has 9 nitrogen and oxygen atoms in total. The number of aromatic nitrogens is 2. The monoisotopic (exact) mass is 419 g/mol. The lowest BCUT2D eigenvalue weighted by atomic mass is 10.1. The number of carbonyl (C=O) groups excluding carboxylic acids is 1. The molecule has 160 valence electrons. The minimum atomic E-state index is -0.0436. The second-order valence-corrected chi connectivity index (χ2v) is 7.38. The fraction of sp³-hybridized carbons (Fsp3) is 0.318. The first-order valence-electron chi connectivity index (χ1n) is 10.2. The normalized spacial score (nSPS) is 15.9. The number of carbonyl (C=O) groups is 1. The van der Waals surface area contributed by atoms with Crippen molar-refractivity contribution in [2.24, 2.45) is 5.10 Å². The Morgan fingerprint density at radius 1 is 1.29 bits per heavy atom. The van der Waals surface area contributed by atoms with Gasteiger partial charge in [0, 0.05) is 38.6 Å². The van der Waals surface area contributed by atoms with Crippen molar-refractivity contribution in [1.82, 2.24) is 14.9 Å². The Morgan fingerprint density at radius 3 is 3.06 bits per heavy atom. The first-order valence-corrected chi connectivity index (χ1v) is 10.2. The van der Waals surface area contributed by atoms with E-state index in [0.717, 1.165) is 30.3 Å². The van der Waals surface area contributed by atoms with Crippen molar-refractivity contribution in [2.45, 2.75) is 13.3 Å². The lowest BCUT2D eigenvalue weighted by Crippen LogP contribution is -2.36. The molecular weight excluding hydrogens is 394 g/mol. The predicted molar refractivity (Wildman–Crippen MR) is 121 cm³/mol. The number of benzene rings is 1. The van der Waals surface area contributed by atoms with Crippen molar-refractivity contribution < 1.29 is 9.53 Å². The zero-order valence-electron chi connectivity index (χ0n) is 17.4. The van der Waals surface area contributed by atoms with Crippen LogP contribution < -0.4 is 15.1 Å². The SMILES string of the molecule is Cc1ccc(N/N=C\C=N)c(C(=O)N2CCCN(c3ncc4c(n3)OCC=C4)CC2)c1. The molecular formula is C22H25N7O2. The highest BCUT2D eigenvalue weighted by Crippen LogP contribution is 2.24. The van der Waals surface area contributed by atoms with E-state index in [0.29, 0.717) is 49.3 Å². The van der Waals surface area contributed by atoms with Gasteiger partial charge >= 0.3 is 0 Å². The summed E-state index contributed by atoms with van der Waals surface area (Å²) in [6.07, 6.45) is 8.90. The molecule has 0 bridgehead atoms. The van der Waals surface area contributed by atoms with Gasteiger partial charge in [0.05, 0.1) is 23.0 Å². The fourth-order valence-corrected chi connectivity index (χ4v) is 3.62. The van der Waals surface area contributed by atoms with Crippen molar-refractivity contribution >= 4 is 36.0 Å². The van der Waals surface area contributed by atoms with E-state index in [2.05, 4.69) is 25.4 Å². The molecule has 1 amide bonds. The maximum absolute atomic E-state index is 13.3. The van der Waals surface area contributed by atoms with Gasteiger partial charge in [0.25, 0.3) is 5.91 Å². The maximum Gasteiger partial charge on any atom is 0.256 e. The number of aryl methyl sites for hydroxylation is 1. The van der Waals surface area contributed by atoms with Gasteiger partial charge in [-0.1, -0.05) is 11.6 Å². The second kappa shape index (κ2) is 9.38. The van der Waals surface area contributed by atoms with E-state index in [1.165, 1.54) is 6.21 Å². The van der Waals surface area contributed by atoms with E-state index in [-0.39, 0.29) is 5.91 Å². The molecule has 2 aliphatic rings. The molecule has 0 spiro atoms.